The zero-order chi connectivity index (χ0) is 40.6. The quantitative estimate of drug-likeness (QED) is 0.0613. The van der Waals surface area contributed by atoms with E-state index < -0.39 is 149 Å². The Bertz CT molecular complexity index is 1590. The molecule has 4 aliphatic heterocycles. The Balaban J connectivity index is 0.00000812. The van der Waals surface area contributed by atoms with Gasteiger partial charge in [-0.3, -0.25) is 8.37 Å². The standard InChI is InChI=1S/C28H44O24S2.4Na/c1-5-11-18(14(30)8(3)25(37)44-11)48-28-21(52-54(41,42)43)16(32)20(22(50-28)24(35)36)49-26-9(4)15(31)19(12(6-2)45-26)47-27-17(51-53(38,39)40)10(29)7-13(46-27)23(33)34;;;;/h7-12,14-22,25-32,37H,5-6H2,1-4H3,(H,33,34)(H,35,36)(H,38,39,40)(H,41,42,43);;;;/q;4*+1/p-4. The minimum Gasteiger partial charge on any atom is -0.726 e. The van der Waals surface area contributed by atoms with E-state index in [1.165, 1.54) is 20.8 Å². The molecule has 0 spiro atoms. The molecule has 24 nitrogen and oxygen atoms in total. The molecule has 3 saturated heterocycles. The molecule has 18 atom stereocenters. The summed E-state index contributed by atoms with van der Waals surface area (Å²) >= 11 is 0. The number of carboxylic acids is 2. The zero-order valence-electron chi connectivity index (χ0n) is 32.7. The van der Waals surface area contributed by atoms with Crippen molar-refractivity contribution in [1.82, 2.24) is 0 Å². The van der Waals surface area contributed by atoms with E-state index in [1.807, 2.05) is 0 Å². The Morgan fingerprint density at radius 2 is 1.12 bits per heavy atom. The van der Waals surface area contributed by atoms with Crippen LogP contribution in [0.5, 0.6) is 0 Å². The predicted molar refractivity (Wildman–Crippen MR) is 158 cm³/mol. The summed E-state index contributed by atoms with van der Waals surface area (Å²) in [6.07, 6.45) is -29.8. The van der Waals surface area contributed by atoms with Gasteiger partial charge in [0, 0.05) is 11.8 Å². The van der Waals surface area contributed by atoms with Gasteiger partial charge >= 0.3 is 118 Å². The molecule has 312 valence electrons. The van der Waals surface area contributed by atoms with Gasteiger partial charge in [0.25, 0.3) is 0 Å². The fourth-order valence-corrected chi connectivity index (χ4v) is 7.31. The third-order valence-electron chi connectivity index (χ3n) is 9.25. The average Bonchev–Trinajstić information content (AvgIpc) is 3.06. The summed E-state index contributed by atoms with van der Waals surface area (Å²) in [5.41, 5.74) is 0. The molecule has 5 N–H and O–H groups in total. The summed E-state index contributed by atoms with van der Waals surface area (Å²) in [5.74, 6) is -7.46. The molecule has 58 heavy (non-hydrogen) atoms. The number of carboxylic acid groups (broad SMARTS) is 2. The molecule has 0 saturated carbocycles. The van der Waals surface area contributed by atoms with Gasteiger partial charge < -0.3 is 87.6 Å². The van der Waals surface area contributed by atoms with Crippen LogP contribution in [0.3, 0.4) is 0 Å². The van der Waals surface area contributed by atoms with Crippen LogP contribution < -0.4 is 128 Å². The number of aliphatic hydroxyl groups excluding tert-OH is 5. The summed E-state index contributed by atoms with van der Waals surface area (Å²) in [4.78, 5) is 23.8. The third-order valence-corrected chi connectivity index (χ3v) is 10.2. The van der Waals surface area contributed by atoms with Crippen LogP contribution in [-0.2, 0) is 71.9 Å². The van der Waals surface area contributed by atoms with E-state index in [2.05, 4.69) is 8.37 Å². The van der Waals surface area contributed by atoms with Crippen molar-refractivity contribution < 1.29 is 231 Å². The van der Waals surface area contributed by atoms with Gasteiger partial charge in [0.05, 0.1) is 30.4 Å². The first-order valence-corrected chi connectivity index (χ1v) is 19.1. The number of aliphatic carboxylic acids is 2. The summed E-state index contributed by atoms with van der Waals surface area (Å²) in [6, 6.07) is 0. The molecular formula is C28H40Na4O24S2. The summed E-state index contributed by atoms with van der Waals surface area (Å²) in [6.45, 7) is 5.62. The molecule has 3 fully saturated rings. The van der Waals surface area contributed by atoms with E-state index in [-0.39, 0.29) is 131 Å². The smallest absolute Gasteiger partial charge is 0.726 e. The van der Waals surface area contributed by atoms with Gasteiger partial charge in [-0.15, -0.1) is 0 Å². The van der Waals surface area contributed by atoms with Crippen LogP contribution in [0.4, 0.5) is 0 Å². The van der Waals surface area contributed by atoms with E-state index in [0.29, 0.717) is 6.08 Å². The number of ether oxygens (including phenoxy) is 7. The summed E-state index contributed by atoms with van der Waals surface area (Å²) in [7, 11) is -11.3. The first kappa shape index (κ1) is 59.8. The van der Waals surface area contributed by atoms with Gasteiger partial charge in [-0.2, -0.15) is 0 Å². The zero-order valence-corrected chi connectivity index (χ0v) is 42.3. The van der Waals surface area contributed by atoms with Crippen molar-refractivity contribution in [3.8, 4) is 0 Å². The molecule has 0 aromatic carbocycles. The van der Waals surface area contributed by atoms with Crippen molar-refractivity contribution in [2.45, 2.75) is 139 Å². The molecule has 4 rings (SSSR count). The normalized spacial score (nSPS) is 40.5. The Morgan fingerprint density at radius 3 is 1.60 bits per heavy atom. The molecular weight excluding hydrogens is 876 g/mol. The van der Waals surface area contributed by atoms with Gasteiger partial charge in [-0.25, -0.2) is 16.8 Å². The van der Waals surface area contributed by atoms with Crippen LogP contribution in [0, 0.1) is 11.8 Å². The van der Waals surface area contributed by atoms with Crippen molar-refractivity contribution in [3.05, 3.63) is 11.8 Å². The molecule has 18 unspecified atom stereocenters. The molecule has 0 bridgehead atoms. The number of hydrogen-bond donors (Lipinski definition) is 5. The largest absolute Gasteiger partial charge is 1.00 e. The van der Waals surface area contributed by atoms with Crippen LogP contribution in [0.25, 0.3) is 0 Å². The van der Waals surface area contributed by atoms with Crippen LogP contribution in [-0.4, -0.2) is 162 Å². The second-order valence-corrected chi connectivity index (χ2v) is 14.9. The SMILES string of the molecule is CCC1OC(O)C(C)C(O)C1OC1OC(C(=O)[O-])C(OC2OC(CC)C(OC3OC(C(=O)[O-])=CC(O)C3OS(=O)(=O)[O-])C(O)C2C)C(O)C1OS(=O)(=O)[O-].[Na+].[Na+].[Na+].[Na+]. The van der Waals surface area contributed by atoms with Gasteiger partial charge in [0.15, 0.2) is 31.1 Å². The molecule has 30 heteroatoms. The second-order valence-electron chi connectivity index (χ2n) is 12.9. The molecule has 4 aliphatic rings. The van der Waals surface area contributed by atoms with Crippen LogP contribution >= 0.6 is 0 Å². The first-order valence-electron chi connectivity index (χ1n) is 16.4. The van der Waals surface area contributed by atoms with E-state index >= 15 is 0 Å². The minimum absolute atomic E-state index is 0. The van der Waals surface area contributed by atoms with Gasteiger partial charge in [-0.1, -0.05) is 27.7 Å². The average molecular weight is 917 g/mol. The minimum atomic E-state index is -5.71. The molecule has 0 aliphatic carbocycles. The number of aliphatic hydroxyl groups is 5. The number of carbonyl (C=O) groups excluding carboxylic acids is 2. The summed E-state index contributed by atoms with van der Waals surface area (Å²) < 4.78 is 117. The molecule has 4 heterocycles. The fourth-order valence-electron chi connectivity index (χ4n) is 6.35. The molecule has 0 aromatic rings. The number of carbonyl (C=O) groups is 2. The monoisotopic (exact) mass is 916 g/mol. The van der Waals surface area contributed by atoms with Crippen molar-refractivity contribution in [3.63, 3.8) is 0 Å². The Labute approximate surface area is 421 Å². The van der Waals surface area contributed by atoms with Gasteiger partial charge in [0.2, 0.25) is 27.1 Å². The van der Waals surface area contributed by atoms with Crippen LogP contribution in [0.15, 0.2) is 11.8 Å². The Morgan fingerprint density at radius 1 is 0.655 bits per heavy atom. The molecule has 0 aromatic heterocycles. The maximum absolute atomic E-state index is 12.3. The Kier molecular flexibility index (Phi) is 25.7. The second kappa shape index (κ2) is 24.9. The summed E-state index contributed by atoms with van der Waals surface area (Å²) in [5, 5.41) is 77.6. The first-order chi connectivity index (χ1) is 25.0. The Hall–Kier alpha value is 1.78. The third kappa shape index (κ3) is 14.9. The topological polar surface area (TPSA) is 379 Å². The van der Waals surface area contributed by atoms with E-state index in [9.17, 15) is 71.3 Å². The molecule has 0 radical (unpaired) electrons. The molecule has 0 amide bonds. The van der Waals surface area contributed by atoms with E-state index in [4.69, 9.17) is 33.2 Å². The maximum Gasteiger partial charge on any atom is 1.00 e. The van der Waals surface area contributed by atoms with Crippen LogP contribution in [0.1, 0.15) is 40.5 Å². The predicted octanol–water partition coefficient (Wildman–Crippen LogP) is -18.7. The van der Waals surface area contributed by atoms with E-state index in [1.54, 1.807) is 6.92 Å². The van der Waals surface area contributed by atoms with Crippen molar-refractivity contribution in [1.29, 1.82) is 0 Å². The number of hydrogen-bond acceptors (Lipinski definition) is 24. The van der Waals surface area contributed by atoms with Gasteiger partial charge in [0.1, 0.15) is 48.4 Å². The van der Waals surface area contributed by atoms with Gasteiger partial charge in [-0.05, 0) is 18.9 Å². The van der Waals surface area contributed by atoms with Crippen molar-refractivity contribution in [2.24, 2.45) is 11.8 Å². The van der Waals surface area contributed by atoms with E-state index in [0.717, 1.165) is 0 Å². The number of rotatable bonds is 14. The van der Waals surface area contributed by atoms with Crippen molar-refractivity contribution >= 4 is 32.7 Å². The fraction of sp³-hybridized carbons (Fsp3) is 0.857. The van der Waals surface area contributed by atoms with Crippen molar-refractivity contribution in [2.75, 3.05) is 0 Å². The maximum atomic E-state index is 12.3. The van der Waals surface area contributed by atoms with Crippen LogP contribution in [0.2, 0.25) is 0 Å².